The van der Waals surface area contributed by atoms with Crippen LogP contribution in [0.5, 0.6) is 0 Å². The molecule has 0 heterocycles. The molecule has 0 heteroatoms. The quantitative estimate of drug-likeness (QED) is 0.359. The van der Waals surface area contributed by atoms with Crippen LogP contribution in [0.25, 0.3) is 0 Å². The van der Waals surface area contributed by atoms with Gasteiger partial charge in [0, 0.05) is 0 Å². The lowest BCUT2D eigenvalue weighted by molar-refractivity contribution is -0.0514. The molecule has 0 saturated carbocycles. The summed E-state index contributed by atoms with van der Waals surface area (Å²) < 4.78 is 0. The summed E-state index contributed by atoms with van der Waals surface area (Å²) in [6.45, 7) is 27.2. The van der Waals surface area contributed by atoms with Gasteiger partial charge in [-0.2, -0.15) is 0 Å². The van der Waals surface area contributed by atoms with Gasteiger partial charge < -0.3 is 0 Å². The maximum Gasteiger partial charge on any atom is -0.0296 e. The SMILES string of the molecule is CCC(C)C(C)C(C(C(C)C)C(C)(CC)CC)C(C)(CC)CC. The predicted molar refractivity (Wildman–Crippen MR) is 108 cm³/mol. The molecule has 0 bridgehead atoms. The van der Waals surface area contributed by atoms with Gasteiger partial charge in [-0.1, -0.05) is 108 Å². The van der Waals surface area contributed by atoms with Crippen molar-refractivity contribution in [2.24, 2.45) is 40.4 Å². The Morgan fingerprint density at radius 2 is 0.957 bits per heavy atom. The zero-order chi connectivity index (χ0) is 18.4. The van der Waals surface area contributed by atoms with Crippen molar-refractivity contribution < 1.29 is 0 Å². The van der Waals surface area contributed by atoms with E-state index in [0.29, 0.717) is 10.8 Å². The van der Waals surface area contributed by atoms with Gasteiger partial charge in [0.2, 0.25) is 0 Å². The van der Waals surface area contributed by atoms with E-state index in [9.17, 15) is 0 Å². The zero-order valence-corrected chi connectivity index (χ0v) is 18.4. The minimum atomic E-state index is 0.462. The fourth-order valence-corrected chi connectivity index (χ4v) is 5.22. The highest BCUT2D eigenvalue weighted by Crippen LogP contribution is 2.55. The van der Waals surface area contributed by atoms with Crippen molar-refractivity contribution in [3.63, 3.8) is 0 Å². The van der Waals surface area contributed by atoms with Crippen molar-refractivity contribution in [1.29, 1.82) is 0 Å². The van der Waals surface area contributed by atoms with Crippen molar-refractivity contribution >= 4 is 0 Å². The van der Waals surface area contributed by atoms with Gasteiger partial charge in [0.05, 0.1) is 0 Å². The van der Waals surface area contributed by atoms with Crippen LogP contribution < -0.4 is 0 Å². The molecule has 0 spiro atoms. The minimum Gasteiger partial charge on any atom is -0.0651 e. The van der Waals surface area contributed by atoms with Crippen LogP contribution in [0.1, 0.15) is 108 Å². The molecule has 0 saturated heterocycles. The molecule has 0 radical (unpaired) electrons. The molecule has 0 aliphatic carbocycles. The summed E-state index contributed by atoms with van der Waals surface area (Å²) in [6.07, 6.45) is 6.53. The second-order valence-corrected chi connectivity index (χ2v) is 9.26. The first kappa shape index (κ1) is 23.0. The Labute approximate surface area is 149 Å². The number of rotatable bonds is 11. The lowest BCUT2D eigenvalue weighted by Gasteiger charge is -2.54. The summed E-state index contributed by atoms with van der Waals surface area (Å²) in [6, 6.07) is 0. The van der Waals surface area contributed by atoms with Crippen molar-refractivity contribution in [3.8, 4) is 0 Å². The van der Waals surface area contributed by atoms with E-state index in [2.05, 4.69) is 76.2 Å². The maximum absolute atomic E-state index is 2.58. The molecule has 0 aliphatic heterocycles. The third kappa shape index (κ3) is 4.99. The molecule has 0 aromatic heterocycles. The van der Waals surface area contributed by atoms with E-state index in [4.69, 9.17) is 0 Å². The molecule has 23 heavy (non-hydrogen) atoms. The molecule has 0 aliphatic rings. The molecular weight excluding hydrogens is 276 g/mol. The van der Waals surface area contributed by atoms with Crippen LogP contribution in [-0.4, -0.2) is 0 Å². The van der Waals surface area contributed by atoms with Gasteiger partial charge >= 0.3 is 0 Å². The van der Waals surface area contributed by atoms with Crippen LogP contribution in [0.4, 0.5) is 0 Å². The van der Waals surface area contributed by atoms with Gasteiger partial charge in [-0.15, -0.1) is 0 Å². The first-order valence-electron chi connectivity index (χ1n) is 10.6. The Hall–Kier alpha value is 0. The normalized spacial score (nSPS) is 18.8. The predicted octanol–water partition coefficient (Wildman–Crippen LogP) is 8.21. The van der Waals surface area contributed by atoms with Gasteiger partial charge in [-0.3, -0.25) is 0 Å². The molecule has 0 aromatic carbocycles. The third-order valence-corrected chi connectivity index (χ3v) is 8.05. The Morgan fingerprint density at radius 1 is 0.609 bits per heavy atom. The molecule has 0 N–H and O–H groups in total. The van der Waals surface area contributed by atoms with Crippen molar-refractivity contribution in [3.05, 3.63) is 0 Å². The Kier molecular flexibility index (Phi) is 9.47. The van der Waals surface area contributed by atoms with E-state index in [1.165, 1.54) is 32.1 Å². The molecule has 0 nitrogen and oxygen atoms in total. The van der Waals surface area contributed by atoms with Crippen LogP contribution in [0.15, 0.2) is 0 Å². The van der Waals surface area contributed by atoms with E-state index < -0.39 is 0 Å². The lowest BCUT2D eigenvalue weighted by atomic mass is 9.51. The first-order valence-corrected chi connectivity index (χ1v) is 10.6. The fraction of sp³-hybridized carbons (Fsp3) is 1.00. The minimum absolute atomic E-state index is 0.462. The molecule has 0 fully saturated rings. The van der Waals surface area contributed by atoms with E-state index >= 15 is 0 Å². The van der Waals surface area contributed by atoms with Gasteiger partial charge in [-0.05, 0) is 40.4 Å². The second-order valence-electron chi connectivity index (χ2n) is 9.26. The van der Waals surface area contributed by atoms with E-state index in [0.717, 1.165) is 29.6 Å². The highest BCUT2D eigenvalue weighted by Gasteiger charge is 2.48. The topological polar surface area (TPSA) is 0 Å². The van der Waals surface area contributed by atoms with Gasteiger partial charge in [0.15, 0.2) is 0 Å². The Balaban J connectivity index is 6.15. The Bertz CT molecular complexity index is 306. The highest BCUT2D eigenvalue weighted by molar-refractivity contribution is 4.96. The summed E-state index contributed by atoms with van der Waals surface area (Å²) in [5, 5.41) is 0. The summed E-state index contributed by atoms with van der Waals surface area (Å²) in [7, 11) is 0. The number of hydrogen-bond acceptors (Lipinski definition) is 0. The van der Waals surface area contributed by atoms with Crippen molar-refractivity contribution in [2.45, 2.75) is 108 Å². The maximum atomic E-state index is 2.58. The molecule has 4 atom stereocenters. The van der Waals surface area contributed by atoms with Crippen LogP contribution in [0.2, 0.25) is 0 Å². The van der Waals surface area contributed by atoms with E-state index in [1.54, 1.807) is 0 Å². The lowest BCUT2D eigenvalue weighted by Crippen LogP contribution is -2.47. The Morgan fingerprint density at radius 3 is 1.22 bits per heavy atom. The average molecular weight is 325 g/mol. The summed E-state index contributed by atoms with van der Waals surface area (Å²) in [4.78, 5) is 0. The van der Waals surface area contributed by atoms with E-state index in [1.807, 2.05) is 0 Å². The molecule has 140 valence electrons. The van der Waals surface area contributed by atoms with Gasteiger partial charge in [-0.25, -0.2) is 0 Å². The van der Waals surface area contributed by atoms with Crippen molar-refractivity contribution in [2.75, 3.05) is 0 Å². The monoisotopic (exact) mass is 324 g/mol. The molecule has 0 amide bonds. The molecule has 0 aromatic rings. The largest absolute Gasteiger partial charge is 0.0651 e. The van der Waals surface area contributed by atoms with Crippen molar-refractivity contribution in [1.82, 2.24) is 0 Å². The molecular formula is C23H48. The highest BCUT2D eigenvalue weighted by atomic mass is 14.5. The van der Waals surface area contributed by atoms with Crippen LogP contribution in [0.3, 0.4) is 0 Å². The summed E-state index contributed by atoms with van der Waals surface area (Å²) in [5.41, 5.74) is 0.926. The van der Waals surface area contributed by atoms with E-state index in [-0.39, 0.29) is 0 Å². The van der Waals surface area contributed by atoms with Gasteiger partial charge in [0.25, 0.3) is 0 Å². The summed E-state index contributed by atoms with van der Waals surface area (Å²) in [5.74, 6) is 4.00. The first-order chi connectivity index (χ1) is 10.6. The average Bonchev–Trinajstić information content (AvgIpc) is 2.56. The van der Waals surface area contributed by atoms with Crippen LogP contribution in [-0.2, 0) is 0 Å². The summed E-state index contributed by atoms with van der Waals surface area (Å²) >= 11 is 0. The zero-order valence-electron chi connectivity index (χ0n) is 18.4. The third-order valence-electron chi connectivity index (χ3n) is 8.05. The van der Waals surface area contributed by atoms with Crippen LogP contribution >= 0.6 is 0 Å². The van der Waals surface area contributed by atoms with Gasteiger partial charge in [0.1, 0.15) is 0 Å². The smallest absolute Gasteiger partial charge is 0.0296 e. The molecule has 4 unspecified atom stereocenters. The van der Waals surface area contributed by atoms with Crippen LogP contribution in [0, 0.1) is 40.4 Å². The standard InChI is InChI=1S/C23H48/c1-12-18(8)19(9)21(23(11,15-4)16-5)20(17(6)7)22(10,13-2)14-3/h17-21H,12-16H2,1-11H3. The number of hydrogen-bond donors (Lipinski definition) is 0. The fourth-order valence-electron chi connectivity index (χ4n) is 5.22. The molecule has 0 rings (SSSR count). The second kappa shape index (κ2) is 9.47.